The maximum Gasteiger partial charge on any atom is 0.126 e. The lowest BCUT2D eigenvalue weighted by atomic mass is 10.1. The molecule has 0 heterocycles. The molecule has 0 aromatic heterocycles. The molecule has 0 fully saturated rings. The lowest BCUT2D eigenvalue weighted by Crippen LogP contribution is -1.97. The summed E-state index contributed by atoms with van der Waals surface area (Å²) in [4.78, 5) is 0. The SMILES string of the molecule is N#Cc1cc(N)ccc1Nc1c(Cl)cc(F)cc1Cl. The fraction of sp³-hybridized carbons (Fsp3) is 0. The van der Waals surface area contributed by atoms with Crippen molar-refractivity contribution in [2.45, 2.75) is 0 Å². The molecule has 0 unspecified atom stereocenters. The van der Waals surface area contributed by atoms with Crippen molar-refractivity contribution in [2.24, 2.45) is 0 Å². The average molecular weight is 296 g/mol. The van der Waals surface area contributed by atoms with E-state index in [2.05, 4.69) is 5.32 Å². The van der Waals surface area contributed by atoms with Gasteiger partial charge in [-0.15, -0.1) is 0 Å². The summed E-state index contributed by atoms with van der Waals surface area (Å²) in [5, 5.41) is 12.2. The van der Waals surface area contributed by atoms with Crippen LogP contribution in [0, 0.1) is 17.1 Å². The highest BCUT2D eigenvalue weighted by Gasteiger charge is 2.11. The highest BCUT2D eigenvalue weighted by atomic mass is 35.5. The molecule has 0 aliphatic rings. The molecule has 96 valence electrons. The van der Waals surface area contributed by atoms with Gasteiger partial charge in [0.2, 0.25) is 0 Å². The summed E-state index contributed by atoms with van der Waals surface area (Å²) >= 11 is 11.8. The van der Waals surface area contributed by atoms with Crippen molar-refractivity contribution in [1.29, 1.82) is 5.26 Å². The van der Waals surface area contributed by atoms with Crippen molar-refractivity contribution < 1.29 is 4.39 Å². The van der Waals surface area contributed by atoms with Gasteiger partial charge in [-0.1, -0.05) is 23.2 Å². The standard InChI is InChI=1S/C13H8Cl2FN3/c14-10-4-8(16)5-11(15)13(10)19-12-2-1-9(18)3-7(12)6-17/h1-5,19H,18H2. The van der Waals surface area contributed by atoms with E-state index in [1.807, 2.05) is 6.07 Å². The first-order valence-corrected chi connectivity index (χ1v) is 5.98. The van der Waals surface area contributed by atoms with Crippen LogP contribution in [0.15, 0.2) is 30.3 Å². The van der Waals surface area contributed by atoms with Crippen LogP contribution in [0.1, 0.15) is 5.56 Å². The molecular formula is C13H8Cl2FN3. The molecule has 0 spiro atoms. The Morgan fingerprint density at radius 3 is 2.37 bits per heavy atom. The van der Waals surface area contributed by atoms with Gasteiger partial charge < -0.3 is 11.1 Å². The number of nitriles is 1. The van der Waals surface area contributed by atoms with Crippen LogP contribution in [-0.4, -0.2) is 0 Å². The first kappa shape index (κ1) is 13.5. The number of benzene rings is 2. The zero-order chi connectivity index (χ0) is 14.0. The van der Waals surface area contributed by atoms with Crippen LogP contribution in [0.25, 0.3) is 0 Å². The molecule has 0 radical (unpaired) electrons. The molecule has 0 saturated heterocycles. The van der Waals surface area contributed by atoms with Crippen LogP contribution in [0.3, 0.4) is 0 Å². The number of rotatable bonds is 2. The maximum atomic E-state index is 13.1. The lowest BCUT2D eigenvalue weighted by Gasteiger charge is -2.12. The van der Waals surface area contributed by atoms with Crippen LogP contribution in [0.4, 0.5) is 21.5 Å². The van der Waals surface area contributed by atoms with Crippen molar-refractivity contribution in [3.63, 3.8) is 0 Å². The number of halogens is 3. The molecule has 0 aliphatic heterocycles. The molecule has 0 atom stereocenters. The molecule has 2 aromatic rings. The van der Waals surface area contributed by atoms with E-state index in [0.29, 0.717) is 22.6 Å². The van der Waals surface area contributed by atoms with Gasteiger partial charge in [0.15, 0.2) is 0 Å². The topological polar surface area (TPSA) is 61.8 Å². The second-order valence-electron chi connectivity index (χ2n) is 3.79. The van der Waals surface area contributed by atoms with Crippen LogP contribution in [0.2, 0.25) is 10.0 Å². The third-order valence-electron chi connectivity index (χ3n) is 2.43. The fourth-order valence-electron chi connectivity index (χ4n) is 1.56. The van der Waals surface area contributed by atoms with Crippen LogP contribution in [0.5, 0.6) is 0 Å². The summed E-state index contributed by atoms with van der Waals surface area (Å²) in [6, 6.07) is 9.06. The Balaban J connectivity index is 2.45. The fourth-order valence-corrected chi connectivity index (χ4v) is 2.11. The van der Waals surface area contributed by atoms with Gasteiger partial charge in [0.05, 0.1) is 27.0 Å². The zero-order valence-electron chi connectivity index (χ0n) is 9.55. The summed E-state index contributed by atoms with van der Waals surface area (Å²) in [5.41, 5.74) is 7.24. The maximum absolute atomic E-state index is 13.1. The first-order chi connectivity index (χ1) is 9.01. The third kappa shape index (κ3) is 2.90. The molecule has 0 aliphatic carbocycles. The monoisotopic (exact) mass is 295 g/mol. The van der Waals surface area contributed by atoms with E-state index in [0.717, 1.165) is 12.1 Å². The molecule has 6 heteroatoms. The largest absolute Gasteiger partial charge is 0.399 e. The molecule has 19 heavy (non-hydrogen) atoms. The minimum atomic E-state index is -0.529. The van der Waals surface area contributed by atoms with Crippen molar-refractivity contribution >= 4 is 40.3 Å². The number of hydrogen-bond donors (Lipinski definition) is 2. The molecule has 2 aromatic carbocycles. The minimum Gasteiger partial charge on any atom is -0.399 e. The van der Waals surface area contributed by atoms with E-state index in [9.17, 15) is 4.39 Å². The van der Waals surface area contributed by atoms with Gasteiger partial charge in [-0.25, -0.2) is 4.39 Å². The second kappa shape index (κ2) is 5.35. The summed E-state index contributed by atoms with van der Waals surface area (Å²) in [7, 11) is 0. The van der Waals surface area contributed by atoms with Gasteiger partial charge in [0.1, 0.15) is 11.9 Å². The molecule has 0 saturated carbocycles. The van der Waals surface area contributed by atoms with E-state index >= 15 is 0 Å². The Kier molecular flexibility index (Phi) is 3.79. The predicted molar refractivity (Wildman–Crippen MR) is 75.3 cm³/mol. The number of nitrogens with two attached hydrogens (primary N) is 1. The summed E-state index contributed by atoms with van der Waals surface area (Å²) in [6.07, 6.45) is 0. The van der Waals surface area contributed by atoms with Crippen LogP contribution < -0.4 is 11.1 Å². The van der Waals surface area contributed by atoms with E-state index in [1.165, 1.54) is 6.07 Å². The highest BCUT2D eigenvalue weighted by Crippen LogP contribution is 2.34. The van der Waals surface area contributed by atoms with Crippen molar-refractivity contribution in [3.05, 3.63) is 51.8 Å². The lowest BCUT2D eigenvalue weighted by molar-refractivity contribution is 0.628. The Hall–Kier alpha value is -1.96. The first-order valence-electron chi connectivity index (χ1n) is 5.22. The number of nitrogens with one attached hydrogen (secondary N) is 1. The number of anilines is 3. The Morgan fingerprint density at radius 1 is 1.16 bits per heavy atom. The van der Waals surface area contributed by atoms with Gasteiger partial charge in [-0.3, -0.25) is 0 Å². The zero-order valence-corrected chi connectivity index (χ0v) is 11.1. The normalized spacial score (nSPS) is 10.0. The summed E-state index contributed by atoms with van der Waals surface area (Å²) in [5.74, 6) is -0.529. The smallest absolute Gasteiger partial charge is 0.126 e. The van der Waals surface area contributed by atoms with Crippen molar-refractivity contribution in [1.82, 2.24) is 0 Å². The van der Waals surface area contributed by atoms with Gasteiger partial charge in [0, 0.05) is 5.69 Å². The second-order valence-corrected chi connectivity index (χ2v) is 4.60. The molecule has 3 N–H and O–H groups in total. The molecule has 2 rings (SSSR count). The molecule has 0 bridgehead atoms. The predicted octanol–water partition coefficient (Wildman–Crippen LogP) is 4.33. The summed E-state index contributed by atoms with van der Waals surface area (Å²) < 4.78 is 13.1. The van der Waals surface area contributed by atoms with E-state index in [1.54, 1.807) is 12.1 Å². The number of hydrogen-bond acceptors (Lipinski definition) is 3. The number of nitrogen functional groups attached to an aromatic ring is 1. The Bertz CT molecular complexity index is 657. The highest BCUT2D eigenvalue weighted by molar-refractivity contribution is 6.39. The molecule has 3 nitrogen and oxygen atoms in total. The van der Waals surface area contributed by atoms with Gasteiger partial charge in [0.25, 0.3) is 0 Å². The Morgan fingerprint density at radius 2 is 1.79 bits per heavy atom. The van der Waals surface area contributed by atoms with Crippen molar-refractivity contribution in [2.75, 3.05) is 11.1 Å². The Labute approximate surface area is 119 Å². The van der Waals surface area contributed by atoms with Crippen LogP contribution in [-0.2, 0) is 0 Å². The molecular weight excluding hydrogens is 288 g/mol. The minimum absolute atomic E-state index is 0.130. The van der Waals surface area contributed by atoms with Crippen LogP contribution >= 0.6 is 23.2 Å². The van der Waals surface area contributed by atoms with Gasteiger partial charge >= 0.3 is 0 Å². The third-order valence-corrected chi connectivity index (χ3v) is 3.03. The van der Waals surface area contributed by atoms with Crippen molar-refractivity contribution in [3.8, 4) is 6.07 Å². The van der Waals surface area contributed by atoms with E-state index in [4.69, 9.17) is 34.2 Å². The molecule has 0 amide bonds. The van der Waals surface area contributed by atoms with E-state index in [-0.39, 0.29) is 10.0 Å². The quantitative estimate of drug-likeness (QED) is 0.811. The van der Waals surface area contributed by atoms with Gasteiger partial charge in [-0.05, 0) is 30.3 Å². The summed E-state index contributed by atoms with van der Waals surface area (Å²) in [6.45, 7) is 0. The van der Waals surface area contributed by atoms with Gasteiger partial charge in [-0.2, -0.15) is 5.26 Å². The average Bonchev–Trinajstić information content (AvgIpc) is 2.35. The number of nitrogens with zero attached hydrogens (tertiary/aromatic N) is 1. The van der Waals surface area contributed by atoms with E-state index < -0.39 is 5.82 Å².